The normalized spacial score (nSPS) is 11.3. The second-order valence-electron chi connectivity index (χ2n) is 5.64. The maximum absolute atomic E-state index is 10.7. The minimum atomic E-state index is -0.864. The Kier molecular flexibility index (Phi) is 4.09. The van der Waals surface area contributed by atoms with Gasteiger partial charge in [0.15, 0.2) is 5.13 Å². The highest BCUT2D eigenvalue weighted by Gasteiger charge is 2.18. The standard InChI is InChI=1S/C15H18N2O2S/c1-15(2,3)11-6-4-5-7-12(11)17-14-16-10(9-20-14)8-13(18)19/h4-7,9H,8H2,1-3H3,(H,16,17)(H,18,19). The van der Waals surface area contributed by atoms with Gasteiger partial charge in [-0.05, 0) is 17.0 Å². The monoisotopic (exact) mass is 290 g/mol. The summed E-state index contributed by atoms with van der Waals surface area (Å²) in [6.07, 6.45) is -0.0426. The molecule has 2 aromatic rings. The number of anilines is 2. The molecule has 0 bridgehead atoms. The molecular formula is C15H18N2O2S. The number of hydrogen-bond acceptors (Lipinski definition) is 4. The lowest BCUT2D eigenvalue weighted by Crippen LogP contribution is -2.13. The third-order valence-electron chi connectivity index (χ3n) is 2.86. The minimum absolute atomic E-state index is 0.0325. The van der Waals surface area contributed by atoms with Crippen LogP contribution in [-0.2, 0) is 16.6 Å². The van der Waals surface area contributed by atoms with E-state index in [0.717, 1.165) is 10.8 Å². The number of aliphatic carboxylic acids is 1. The Bertz CT molecular complexity index is 614. The van der Waals surface area contributed by atoms with E-state index < -0.39 is 5.97 Å². The van der Waals surface area contributed by atoms with Crippen LogP contribution >= 0.6 is 11.3 Å². The fourth-order valence-electron chi connectivity index (χ4n) is 1.96. The molecular weight excluding hydrogens is 272 g/mol. The van der Waals surface area contributed by atoms with Crippen LogP contribution in [0.25, 0.3) is 0 Å². The van der Waals surface area contributed by atoms with Gasteiger partial charge in [0.25, 0.3) is 0 Å². The van der Waals surface area contributed by atoms with E-state index in [1.54, 1.807) is 5.38 Å². The van der Waals surface area contributed by atoms with E-state index in [0.29, 0.717) is 5.69 Å². The number of hydrogen-bond donors (Lipinski definition) is 2. The predicted molar refractivity (Wildman–Crippen MR) is 81.9 cm³/mol. The number of nitrogens with zero attached hydrogens (tertiary/aromatic N) is 1. The van der Waals surface area contributed by atoms with E-state index in [2.05, 4.69) is 37.1 Å². The van der Waals surface area contributed by atoms with E-state index >= 15 is 0 Å². The second kappa shape index (κ2) is 5.63. The summed E-state index contributed by atoms with van der Waals surface area (Å²) in [5, 5.41) is 14.5. The van der Waals surface area contributed by atoms with E-state index in [4.69, 9.17) is 5.11 Å². The molecule has 0 saturated heterocycles. The number of thiazole rings is 1. The number of benzene rings is 1. The molecule has 1 aromatic carbocycles. The zero-order valence-corrected chi connectivity index (χ0v) is 12.6. The van der Waals surface area contributed by atoms with Crippen LogP contribution in [0.4, 0.5) is 10.8 Å². The summed E-state index contributed by atoms with van der Waals surface area (Å²) >= 11 is 1.42. The maximum atomic E-state index is 10.7. The number of carboxylic acids is 1. The van der Waals surface area contributed by atoms with E-state index in [1.807, 2.05) is 18.2 Å². The van der Waals surface area contributed by atoms with E-state index in [9.17, 15) is 4.79 Å². The Morgan fingerprint density at radius 2 is 2.05 bits per heavy atom. The average molecular weight is 290 g/mol. The van der Waals surface area contributed by atoms with Crippen LogP contribution in [0, 0.1) is 0 Å². The molecule has 0 spiro atoms. The third kappa shape index (κ3) is 3.57. The Hall–Kier alpha value is -1.88. The van der Waals surface area contributed by atoms with Gasteiger partial charge in [-0.1, -0.05) is 39.0 Å². The molecule has 20 heavy (non-hydrogen) atoms. The smallest absolute Gasteiger partial charge is 0.309 e. The van der Waals surface area contributed by atoms with Gasteiger partial charge in [0.2, 0.25) is 0 Å². The topological polar surface area (TPSA) is 62.2 Å². The molecule has 0 aliphatic rings. The summed E-state index contributed by atoms with van der Waals surface area (Å²) in [4.78, 5) is 15.0. The zero-order chi connectivity index (χ0) is 14.8. The van der Waals surface area contributed by atoms with Crippen LogP contribution in [0.1, 0.15) is 32.0 Å². The third-order valence-corrected chi connectivity index (χ3v) is 3.67. The lowest BCUT2D eigenvalue weighted by Gasteiger charge is -2.22. The van der Waals surface area contributed by atoms with Crippen molar-refractivity contribution in [1.29, 1.82) is 0 Å². The first-order chi connectivity index (χ1) is 9.36. The Balaban J connectivity index is 2.22. The van der Waals surface area contributed by atoms with Gasteiger partial charge in [-0.2, -0.15) is 0 Å². The first-order valence-electron chi connectivity index (χ1n) is 6.39. The molecule has 4 nitrogen and oxygen atoms in total. The Labute approximate surface area is 122 Å². The lowest BCUT2D eigenvalue weighted by molar-refractivity contribution is -0.136. The molecule has 5 heteroatoms. The highest BCUT2D eigenvalue weighted by Crippen LogP contribution is 2.32. The van der Waals surface area contributed by atoms with Crippen molar-refractivity contribution in [3.05, 3.63) is 40.9 Å². The minimum Gasteiger partial charge on any atom is -0.481 e. The van der Waals surface area contributed by atoms with Crippen molar-refractivity contribution in [3.8, 4) is 0 Å². The Morgan fingerprint density at radius 1 is 1.35 bits per heavy atom. The Morgan fingerprint density at radius 3 is 2.70 bits per heavy atom. The van der Waals surface area contributed by atoms with Crippen LogP contribution in [0.3, 0.4) is 0 Å². The van der Waals surface area contributed by atoms with Crippen molar-refractivity contribution in [2.24, 2.45) is 0 Å². The van der Waals surface area contributed by atoms with Gasteiger partial charge in [-0.25, -0.2) is 4.98 Å². The van der Waals surface area contributed by atoms with E-state index in [1.165, 1.54) is 16.9 Å². The number of para-hydroxylation sites is 1. The first kappa shape index (κ1) is 14.5. The van der Waals surface area contributed by atoms with Gasteiger partial charge in [0.1, 0.15) is 0 Å². The molecule has 106 valence electrons. The van der Waals surface area contributed by atoms with Gasteiger partial charge >= 0.3 is 5.97 Å². The van der Waals surface area contributed by atoms with Gasteiger partial charge in [-0.3, -0.25) is 4.79 Å². The zero-order valence-electron chi connectivity index (χ0n) is 11.8. The van der Waals surface area contributed by atoms with Gasteiger partial charge in [0.05, 0.1) is 12.1 Å². The molecule has 0 aliphatic heterocycles. The van der Waals surface area contributed by atoms with Crippen molar-refractivity contribution >= 4 is 28.1 Å². The summed E-state index contributed by atoms with van der Waals surface area (Å²) in [6, 6.07) is 8.10. The van der Waals surface area contributed by atoms with Crippen LogP contribution < -0.4 is 5.32 Å². The molecule has 2 rings (SSSR count). The summed E-state index contributed by atoms with van der Waals surface area (Å²) < 4.78 is 0. The molecule has 0 amide bonds. The number of carboxylic acid groups (broad SMARTS) is 1. The summed E-state index contributed by atoms with van der Waals surface area (Å²) in [7, 11) is 0. The van der Waals surface area contributed by atoms with Gasteiger partial charge < -0.3 is 10.4 Å². The number of carbonyl (C=O) groups is 1. The van der Waals surface area contributed by atoms with Crippen molar-refractivity contribution < 1.29 is 9.90 Å². The van der Waals surface area contributed by atoms with Crippen LogP contribution in [-0.4, -0.2) is 16.1 Å². The largest absolute Gasteiger partial charge is 0.481 e. The second-order valence-corrected chi connectivity index (χ2v) is 6.49. The predicted octanol–water partition coefficient (Wildman–Crippen LogP) is 3.81. The van der Waals surface area contributed by atoms with Crippen molar-refractivity contribution in [3.63, 3.8) is 0 Å². The fourth-order valence-corrected chi connectivity index (χ4v) is 2.68. The molecule has 0 radical (unpaired) electrons. The molecule has 1 heterocycles. The van der Waals surface area contributed by atoms with Crippen molar-refractivity contribution in [2.45, 2.75) is 32.6 Å². The quantitative estimate of drug-likeness (QED) is 0.898. The van der Waals surface area contributed by atoms with Crippen LogP contribution in [0.2, 0.25) is 0 Å². The molecule has 0 fully saturated rings. The molecule has 0 unspecified atom stereocenters. The van der Waals surface area contributed by atoms with Crippen LogP contribution in [0.15, 0.2) is 29.6 Å². The van der Waals surface area contributed by atoms with Crippen molar-refractivity contribution in [2.75, 3.05) is 5.32 Å². The molecule has 1 aromatic heterocycles. The summed E-state index contributed by atoms with van der Waals surface area (Å²) in [5.74, 6) is -0.864. The molecule has 0 aliphatic carbocycles. The summed E-state index contributed by atoms with van der Waals surface area (Å²) in [6.45, 7) is 6.47. The summed E-state index contributed by atoms with van der Waals surface area (Å²) in [5.41, 5.74) is 2.83. The fraction of sp³-hybridized carbons (Fsp3) is 0.333. The highest BCUT2D eigenvalue weighted by atomic mass is 32.1. The van der Waals surface area contributed by atoms with E-state index in [-0.39, 0.29) is 11.8 Å². The number of aromatic nitrogens is 1. The van der Waals surface area contributed by atoms with Gasteiger partial charge in [0, 0.05) is 11.1 Å². The van der Waals surface area contributed by atoms with Crippen molar-refractivity contribution in [1.82, 2.24) is 4.98 Å². The number of rotatable bonds is 4. The highest BCUT2D eigenvalue weighted by molar-refractivity contribution is 7.13. The lowest BCUT2D eigenvalue weighted by atomic mass is 9.86. The van der Waals surface area contributed by atoms with Gasteiger partial charge in [-0.15, -0.1) is 11.3 Å². The molecule has 0 atom stereocenters. The number of nitrogens with one attached hydrogen (secondary N) is 1. The molecule has 0 saturated carbocycles. The maximum Gasteiger partial charge on any atom is 0.309 e. The van der Waals surface area contributed by atoms with Crippen LogP contribution in [0.5, 0.6) is 0 Å². The SMILES string of the molecule is CC(C)(C)c1ccccc1Nc1nc(CC(=O)O)cs1. The molecule has 2 N–H and O–H groups in total. The first-order valence-corrected chi connectivity index (χ1v) is 7.27. The average Bonchev–Trinajstić information content (AvgIpc) is 2.75.